The van der Waals surface area contributed by atoms with Crippen LogP contribution in [-0.2, 0) is 0 Å². The summed E-state index contributed by atoms with van der Waals surface area (Å²) in [6.45, 7) is 2.87. The largest absolute Gasteiger partial charge is 0.497 e. The van der Waals surface area contributed by atoms with E-state index in [9.17, 15) is 4.79 Å². The van der Waals surface area contributed by atoms with Crippen LogP contribution in [0.3, 0.4) is 0 Å². The number of rotatable bonds is 7. The summed E-state index contributed by atoms with van der Waals surface area (Å²) in [5.41, 5.74) is 6.65. The predicted octanol–water partition coefficient (Wildman–Crippen LogP) is 1.36. The van der Waals surface area contributed by atoms with Gasteiger partial charge < -0.3 is 25.4 Å². The monoisotopic (exact) mass is 295 g/mol. The molecule has 0 heterocycles. The van der Waals surface area contributed by atoms with Crippen molar-refractivity contribution in [3.63, 3.8) is 0 Å². The van der Waals surface area contributed by atoms with Gasteiger partial charge in [-0.3, -0.25) is 4.79 Å². The van der Waals surface area contributed by atoms with Gasteiger partial charge in [0.2, 0.25) is 0 Å². The van der Waals surface area contributed by atoms with E-state index < -0.39 is 0 Å². The summed E-state index contributed by atoms with van der Waals surface area (Å²) < 4.78 is 10.3. The molecule has 0 saturated heterocycles. The lowest BCUT2D eigenvalue weighted by Crippen LogP contribution is -2.35. The van der Waals surface area contributed by atoms with Crippen LogP contribution in [-0.4, -0.2) is 51.7 Å². The molecule has 118 valence electrons. The molecule has 0 radical (unpaired) electrons. The summed E-state index contributed by atoms with van der Waals surface area (Å²) >= 11 is 0. The molecule has 6 nitrogen and oxygen atoms in total. The van der Waals surface area contributed by atoms with E-state index in [0.717, 1.165) is 13.0 Å². The van der Waals surface area contributed by atoms with Crippen molar-refractivity contribution in [1.82, 2.24) is 10.2 Å². The van der Waals surface area contributed by atoms with Crippen molar-refractivity contribution in [2.45, 2.75) is 19.4 Å². The average Bonchev–Trinajstić information content (AvgIpc) is 2.45. The number of anilines is 1. The fraction of sp³-hybridized carbons (Fsp3) is 0.533. The topological polar surface area (TPSA) is 76.8 Å². The Bertz CT molecular complexity index is 489. The molecule has 1 amide bonds. The lowest BCUT2D eigenvalue weighted by molar-refractivity contribution is 0.0937. The fourth-order valence-corrected chi connectivity index (χ4v) is 1.90. The Hall–Kier alpha value is -1.95. The van der Waals surface area contributed by atoms with Crippen LogP contribution in [0.5, 0.6) is 11.5 Å². The maximum atomic E-state index is 12.3. The van der Waals surface area contributed by atoms with E-state index in [1.54, 1.807) is 12.1 Å². The summed E-state index contributed by atoms with van der Waals surface area (Å²) in [7, 11) is 7.04. The number of benzene rings is 1. The van der Waals surface area contributed by atoms with Gasteiger partial charge in [0.25, 0.3) is 5.91 Å². The highest BCUT2D eigenvalue weighted by Crippen LogP contribution is 2.31. The second kappa shape index (κ2) is 7.73. The zero-order chi connectivity index (χ0) is 16.0. The Morgan fingerprint density at radius 3 is 2.52 bits per heavy atom. The van der Waals surface area contributed by atoms with E-state index in [4.69, 9.17) is 15.2 Å². The van der Waals surface area contributed by atoms with Crippen molar-refractivity contribution in [1.29, 1.82) is 0 Å². The molecule has 0 aliphatic carbocycles. The van der Waals surface area contributed by atoms with E-state index in [1.807, 2.05) is 21.0 Å². The van der Waals surface area contributed by atoms with Gasteiger partial charge in [0, 0.05) is 12.1 Å². The van der Waals surface area contributed by atoms with Crippen molar-refractivity contribution in [3.8, 4) is 11.5 Å². The van der Waals surface area contributed by atoms with E-state index in [1.165, 1.54) is 14.2 Å². The van der Waals surface area contributed by atoms with Gasteiger partial charge in [0.1, 0.15) is 11.5 Å². The van der Waals surface area contributed by atoms with Crippen LogP contribution < -0.4 is 20.5 Å². The second-order valence-corrected chi connectivity index (χ2v) is 5.26. The van der Waals surface area contributed by atoms with Crippen LogP contribution >= 0.6 is 0 Å². The highest BCUT2D eigenvalue weighted by Gasteiger charge is 2.17. The molecule has 0 bridgehead atoms. The van der Waals surface area contributed by atoms with E-state index in [2.05, 4.69) is 10.2 Å². The summed E-state index contributed by atoms with van der Waals surface area (Å²) in [4.78, 5) is 14.4. The maximum Gasteiger partial charge on any atom is 0.253 e. The van der Waals surface area contributed by atoms with Crippen LogP contribution in [0.2, 0.25) is 0 Å². The Morgan fingerprint density at radius 1 is 1.33 bits per heavy atom. The molecule has 0 saturated carbocycles. The van der Waals surface area contributed by atoms with Crippen molar-refractivity contribution in [2.75, 3.05) is 40.6 Å². The lowest BCUT2D eigenvalue weighted by Gasteiger charge is -2.18. The number of hydrogen-bond donors (Lipinski definition) is 2. The van der Waals surface area contributed by atoms with Crippen LogP contribution in [0.25, 0.3) is 0 Å². The summed E-state index contributed by atoms with van der Waals surface area (Å²) in [6.07, 6.45) is 0.861. The van der Waals surface area contributed by atoms with E-state index in [0.29, 0.717) is 22.7 Å². The first kappa shape index (κ1) is 17.1. The van der Waals surface area contributed by atoms with Gasteiger partial charge >= 0.3 is 0 Å². The summed E-state index contributed by atoms with van der Waals surface area (Å²) in [5.74, 6) is 0.739. The zero-order valence-electron chi connectivity index (χ0n) is 13.4. The van der Waals surface area contributed by atoms with Gasteiger partial charge in [-0.15, -0.1) is 0 Å². The van der Waals surface area contributed by atoms with Crippen molar-refractivity contribution in [3.05, 3.63) is 17.7 Å². The number of nitrogens with zero attached hydrogens (tertiary/aromatic N) is 1. The van der Waals surface area contributed by atoms with Gasteiger partial charge in [0.15, 0.2) is 0 Å². The molecule has 3 N–H and O–H groups in total. The first-order valence-electron chi connectivity index (χ1n) is 6.86. The van der Waals surface area contributed by atoms with Crippen LogP contribution in [0.1, 0.15) is 23.7 Å². The van der Waals surface area contributed by atoms with Crippen LogP contribution in [0.4, 0.5) is 5.69 Å². The van der Waals surface area contributed by atoms with Gasteiger partial charge in [0.05, 0.1) is 25.5 Å². The maximum absolute atomic E-state index is 12.3. The number of methoxy groups -OCH3 is 2. The van der Waals surface area contributed by atoms with E-state index in [-0.39, 0.29) is 11.9 Å². The standard InChI is InChI=1S/C15H25N3O3/c1-10(6-7-18(2)3)17-15(19)12-8-11(20-4)9-13(21-5)14(12)16/h8-10H,6-7,16H2,1-5H3,(H,17,19). The molecule has 0 spiro atoms. The molecule has 1 aromatic carbocycles. The Balaban J connectivity index is 2.86. The Morgan fingerprint density at radius 2 is 2.00 bits per heavy atom. The number of carbonyl (C=O) groups is 1. The number of nitrogens with one attached hydrogen (secondary N) is 1. The number of nitrogen functional groups attached to an aromatic ring is 1. The molecule has 0 aliphatic heterocycles. The molecule has 1 atom stereocenters. The van der Waals surface area contributed by atoms with Gasteiger partial charge in [-0.05, 0) is 40.1 Å². The minimum absolute atomic E-state index is 0.0523. The lowest BCUT2D eigenvalue weighted by atomic mass is 10.1. The minimum Gasteiger partial charge on any atom is -0.497 e. The second-order valence-electron chi connectivity index (χ2n) is 5.26. The highest BCUT2D eigenvalue weighted by molar-refractivity contribution is 6.01. The molecule has 6 heteroatoms. The first-order chi connectivity index (χ1) is 9.88. The fourth-order valence-electron chi connectivity index (χ4n) is 1.90. The highest BCUT2D eigenvalue weighted by atomic mass is 16.5. The van der Waals surface area contributed by atoms with Gasteiger partial charge in [-0.1, -0.05) is 0 Å². The normalized spacial score (nSPS) is 12.1. The van der Waals surface area contributed by atoms with Crippen LogP contribution in [0, 0.1) is 0 Å². The van der Waals surface area contributed by atoms with Gasteiger partial charge in [-0.2, -0.15) is 0 Å². The van der Waals surface area contributed by atoms with Crippen molar-refractivity contribution >= 4 is 11.6 Å². The SMILES string of the molecule is COc1cc(OC)c(N)c(C(=O)NC(C)CCN(C)C)c1. The van der Waals surface area contributed by atoms with Gasteiger partial charge in [-0.25, -0.2) is 0 Å². The average molecular weight is 295 g/mol. The molecule has 1 aromatic rings. The smallest absolute Gasteiger partial charge is 0.253 e. The Labute approximate surface area is 126 Å². The third-order valence-corrected chi connectivity index (χ3v) is 3.20. The van der Waals surface area contributed by atoms with Crippen molar-refractivity contribution in [2.24, 2.45) is 0 Å². The van der Waals surface area contributed by atoms with Crippen LogP contribution in [0.15, 0.2) is 12.1 Å². The molecule has 21 heavy (non-hydrogen) atoms. The summed E-state index contributed by atoms with van der Waals surface area (Å²) in [5, 5.41) is 2.94. The number of carbonyl (C=O) groups excluding carboxylic acids is 1. The number of ether oxygens (including phenoxy) is 2. The Kier molecular flexibility index (Phi) is 6.30. The number of hydrogen-bond acceptors (Lipinski definition) is 5. The van der Waals surface area contributed by atoms with Crippen molar-refractivity contribution < 1.29 is 14.3 Å². The van der Waals surface area contributed by atoms with E-state index >= 15 is 0 Å². The molecule has 0 aliphatic rings. The third kappa shape index (κ3) is 4.82. The molecule has 0 fully saturated rings. The molecule has 1 unspecified atom stereocenters. The zero-order valence-corrected chi connectivity index (χ0v) is 13.4. The minimum atomic E-state index is -0.226. The quantitative estimate of drug-likeness (QED) is 0.743. The number of nitrogens with two attached hydrogens (primary N) is 1. The third-order valence-electron chi connectivity index (χ3n) is 3.20. The molecule has 1 rings (SSSR count). The summed E-state index contributed by atoms with van der Waals surface area (Å²) in [6, 6.07) is 3.32. The predicted molar refractivity (Wildman–Crippen MR) is 84.1 cm³/mol. The molecular formula is C15H25N3O3. The molecule has 0 aromatic heterocycles. The molecular weight excluding hydrogens is 270 g/mol. The first-order valence-corrected chi connectivity index (χ1v) is 6.86. The number of amides is 1.